The molecule has 0 radical (unpaired) electrons. The Bertz CT molecular complexity index is 458. The van der Waals surface area contributed by atoms with Gasteiger partial charge in [-0.15, -0.1) is 0 Å². The molecule has 1 aromatic carbocycles. The molecule has 4 nitrogen and oxygen atoms in total. The molecular weight excluding hydrogens is 249 g/mol. The molecule has 0 aromatic heterocycles. The maximum Gasteiger partial charge on any atom is 0.312 e. The van der Waals surface area contributed by atoms with E-state index < -0.39 is 17.2 Å². The number of benzene rings is 1. The molecule has 19 heavy (non-hydrogen) atoms. The number of ether oxygens (including phenoxy) is 1. The molecule has 106 valence electrons. The number of carboxylic acid groups (broad SMARTS) is 1. The number of rotatable bonds is 6. The highest BCUT2D eigenvalue weighted by atomic mass is 19.1. The number of aliphatic carboxylic acids is 1. The first-order valence-corrected chi connectivity index (χ1v) is 6.12. The van der Waals surface area contributed by atoms with Crippen molar-refractivity contribution in [3.05, 3.63) is 29.6 Å². The summed E-state index contributed by atoms with van der Waals surface area (Å²) in [5.41, 5.74) is 5.38. The van der Waals surface area contributed by atoms with Crippen LogP contribution in [0.4, 0.5) is 4.39 Å². The molecule has 1 unspecified atom stereocenters. The maximum absolute atomic E-state index is 13.4. The van der Waals surface area contributed by atoms with E-state index in [1.165, 1.54) is 12.1 Å². The van der Waals surface area contributed by atoms with E-state index in [9.17, 15) is 9.18 Å². The van der Waals surface area contributed by atoms with Gasteiger partial charge in [-0.2, -0.15) is 0 Å². The van der Waals surface area contributed by atoms with Crippen molar-refractivity contribution in [1.82, 2.24) is 0 Å². The van der Waals surface area contributed by atoms with Gasteiger partial charge in [0.25, 0.3) is 0 Å². The Morgan fingerprint density at radius 1 is 1.47 bits per heavy atom. The lowest BCUT2D eigenvalue weighted by molar-refractivity contribution is -0.148. The van der Waals surface area contributed by atoms with Crippen LogP contribution < -0.4 is 10.5 Å². The van der Waals surface area contributed by atoms with Crippen molar-refractivity contribution in [3.8, 4) is 5.75 Å². The van der Waals surface area contributed by atoms with Crippen LogP contribution in [-0.4, -0.2) is 23.7 Å². The molecular formula is C14H20FNO3. The lowest BCUT2D eigenvalue weighted by atomic mass is 9.95. The molecule has 0 aliphatic rings. The lowest BCUT2D eigenvalue weighted by Crippen LogP contribution is -2.30. The van der Waals surface area contributed by atoms with E-state index in [1.807, 2.05) is 6.92 Å². The maximum atomic E-state index is 13.4. The summed E-state index contributed by atoms with van der Waals surface area (Å²) in [6.07, 6.45) is 0.538. The minimum Gasteiger partial charge on any atom is -0.492 e. The van der Waals surface area contributed by atoms with Crippen molar-refractivity contribution >= 4 is 5.97 Å². The first kappa shape index (κ1) is 15.4. The summed E-state index contributed by atoms with van der Waals surface area (Å²) in [7, 11) is 0. The molecule has 0 aliphatic carbocycles. The average Bonchev–Trinajstić information content (AvgIpc) is 2.24. The summed E-state index contributed by atoms with van der Waals surface area (Å²) in [5, 5.41) is 8.98. The zero-order valence-electron chi connectivity index (χ0n) is 11.4. The minimum atomic E-state index is -1.02. The third-order valence-corrected chi connectivity index (χ3v) is 2.67. The molecule has 0 spiro atoms. The van der Waals surface area contributed by atoms with E-state index in [1.54, 1.807) is 19.9 Å². The molecule has 0 heterocycles. The molecule has 1 aromatic rings. The Morgan fingerprint density at radius 2 is 2.11 bits per heavy atom. The van der Waals surface area contributed by atoms with Crippen LogP contribution in [0.1, 0.15) is 26.3 Å². The Hall–Kier alpha value is -1.62. The highest BCUT2D eigenvalue weighted by Crippen LogP contribution is 2.21. The van der Waals surface area contributed by atoms with Crippen molar-refractivity contribution in [2.75, 3.05) is 6.61 Å². The quantitative estimate of drug-likeness (QED) is 0.830. The number of carboxylic acids is 1. The van der Waals surface area contributed by atoms with Crippen LogP contribution in [0.15, 0.2) is 18.2 Å². The van der Waals surface area contributed by atoms with Crippen LogP contribution in [0.2, 0.25) is 0 Å². The van der Waals surface area contributed by atoms with E-state index >= 15 is 0 Å². The normalized spacial score (nSPS) is 13.1. The van der Waals surface area contributed by atoms with Gasteiger partial charge >= 0.3 is 5.97 Å². The summed E-state index contributed by atoms with van der Waals surface area (Å²) in [4.78, 5) is 11.0. The third kappa shape index (κ3) is 4.87. The number of halogens is 1. The van der Waals surface area contributed by atoms with Crippen molar-refractivity contribution < 1.29 is 19.0 Å². The van der Waals surface area contributed by atoms with Crippen LogP contribution in [0, 0.1) is 11.2 Å². The second kappa shape index (κ2) is 6.02. The van der Waals surface area contributed by atoms with Crippen molar-refractivity contribution in [2.45, 2.75) is 33.2 Å². The predicted molar refractivity (Wildman–Crippen MR) is 70.7 cm³/mol. The fourth-order valence-electron chi connectivity index (χ4n) is 1.52. The number of nitrogens with two attached hydrogens (primary N) is 1. The van der Waals surface area contributed by atoms with E-state index in [4.69, 9.17) is 15.6 Å². The zero-order valence-corrected chi connectivity index (χ0v) is 11.4. The van der Waals surface area contributed by atoms with Crippen LogP contribution in [0.3, 0.4) is 0 Å². The summed E-state index contributed by atoms with van der Waals surface area (Å²) in [6, 6.07) is 4.25. The summed E-state index contributed by atoms with van der Waals surface area (Å²) >= 11 is 0. The topological polar surface area (TPSA) is 72.5 Å². The highest BCUT2D eigenvalue weighted by molar-refractivity contribution is 5.73. The first-order valence-electron chi connectivity index (χ1n) is 6.12. The number of carbonyl (C=O) groups is 1. The van der Waals surface area contributed by atoms with Gasteiger partial charge < -0.3 is 15.6 Å². The van der Waals surface area contributed by atoms with E-state index in [0.29, 0.717) is 12.2 Å². The Labute approximate surface area is 112 Å². The lowest BCUT2D eigenvalue weighted by Gasteiger charge is -2.20. The SMILES string of the molecule is CC(N)Cc1cc(F)cc(OCC(C)(C)C(=O)O)c1. The van der Waals surface area contributed by atoms with Gasteiger partial charge in [0.05, 0.1) is 5.41 Å². The molecule has 0 bridgehead atoms. The molecule has 0 amide bonds. The molecule has 0 aliphatic heterocycles. The Morgan fingerprint density at radius 3 is 2.63 bits per heavy atom. The van der Waals surface area contributed by atoms with E-state index in [0.717, 1.165) is 5.56 Å². The molecule has 5 heteroatoms. The first-order chi connectivity index (χ1) is 8.70. The molecule has 0 saturated carbocycles. The highest BCUT2D eigenvalue weighted by Gasteiger charge is 2.28. The second-order valence-electron chi connectivity index (χ2n) is 5.45. The van der Waals surface area contributed by atoms with Crippen LogP contribution in [0.25, 0.3) is 0 Å². The summed E-state index contributed by atoms with van der Waals surface area (Å²) in [5.74, 6) is -1.05. The minimum absolute atomic E-state index is 0.0244. The van der Waals surface area contributed by atoms with Crippen molar-refractivity contribution in [3.63, 3.8) is 0 Å². The third-order valence-electron chi connectivity index (χ3n) is 2.67. The molecule has 0 fully saturated rings. The standard InChI is InChI=1S/C14H20FNO3/c1-9(16)4-10-5-11(15)7-12(6-10)19-8-14(2,3)13(17)18/h5-7,9H,4,8,16H2,1-3H3,(H,17,18). The van der Waals surface area contributed by atoms with Gasteiger partial charge in [-0.05, 0) is 44.9 Å². The summed E-state index contributed by atoms with van der Waals surface area (Å²) < 4.78 is 18.8. The van der Waals surface area contributed by atoms with Gasteiger partial charge in [0, 0.05) is 12.1 Å². The predicted octanol–water partition coefficient (Wildman–Crippen LogP) is 2.21. The molecule has 0 saturated heterocycles. The second-order valence-corrected chi connectivity index (χ2v) is 5.45. The number of hydrogen-bond donors (Lipinski definition) is 2. The zero-order chi connectivity index (χ0) is 14.6. The molecule has 1 atom stereocenters. The van der Waals surface area contributed by atoms with Crippen LogP contribution in [-0.2, 0) is 11.2 Å². The van der Waals surface area contributed by atoms with Gasteiger partial charge in [-0.1, -0.05) is 0 Å². The van der Waals surface area contributed by atoms with Gasteiger partial charge in [-0.3, -0.25) is 4.79 Å². The van der Waals surface area contributed by atoms with E-state index in [2.05, 4.69) is 0 Å². The van der Waals surface area contributed by atoms with Gasteiger partial charge in [-0.25, -0.2) is 4.39 Å². The monoisotopic (exact) mass is 269 g/mol. The molecule has 1 rings (SSSR count). The Kier molecular flexibility index (Phi) is 4.89. The smallest absolute Gasteiger partial charge is 0.312 e. The van der Waals surface area contributed by atoms with Crippen molar-refractivity contribution in [2.24, 2.45) is 11.1 Å². The fraction of sp³-hybridized carbons (Fsp3) is 0.500. The van der Waals surface area contributed by atoms with Crippen LogP contribution >= 0.6 is 0 Å². The average molecular weight is 269 g/mol. The Balaban J connectivity index is 2.79. The van der Waals surface area contributed by atoms with Gasteiger partial charge in [0.15, 0.2) is 0 Å². The summed E-state index contributed by atoms with van der Waals surface area (Å²) in [6.45, 7) is 4.91. The van der Waals surface area contributed by atoms with Crippen molar-refractivity contribution in [1.29, 1.82) is 0 Å². The number of hydrogen-bond acceptors (Lipinski definition) is 3. The van der Waals surface area contributed by atoms with Gasteiger partial charge in [0.1, 0.15) is 18.2 Å². The van der Waals surface area contributed by atoms with Gasteiger partial charge in [0.2, 0.25) is 0 Å². The fourth-order valence-corrected chi connectivity index (χ4v) is 1.52. The largest absolute Gasteiger partial charge is 0.492 e. The molecule has 3 N–H and O–H groups in total. The van der Waals surface area contributed by atoms with Crippen LogP contribution in [0.5, 0.6) is 5.75 Å². The van der Waals surface area contributed by atoms with E-state index in [-0.39, 0.29) is 12.6 Å².